The molecule has 12 heteroatoms. The van der Waals surface area contributed by atoms with Crippen LogP contribution in [0, 0.1) is 40.1 Å². The smallest absolute Gasteiger partial charge is 0.252 e. The lowest BCUT2D eigenvalue weighted by Gasteiger charge is -2.37. The van der Waals surface area contributed by atoms with Crippen LogP contribution < -0.4 is 10.6 Å². The van der Waals surface area contributed by atoms with Gasteiger partial charge in [0.15, 0.2) is 17.5 Å². The number of anilines is 1. The standard InChI is InChI=1S/C32H36F3N5O4/c1-17(2)26(38-27(41)18-11-21(33)25(35)22(34)12-18)29(43)39(6)24(14-31(3,4)5)28(42)40-16-32(13-19(40)15-36)20-9-7-8-10-23(20)37-30(32)44/h7-12,17,19,24,26H,13-14,16H2,1-6H3,(H,37,44)(H,38,41)/t19-,24-,26-,32-/m0/s1. The van der Waals surface area contributed by atoms with Gasteiger partial charge in [-0.1, -0.05) is 52.8 Å². The molecule has 4 amide bonds. The maximum absolute atomic E-state index is 14.3. The highest BCUT2D eigenvalue weighted by atomic mass is 19.2. The van der Waals surface area contributed by atoms with Gasteiger partial charge in [0.25, 0.3) is 5.91 Å². The summed E-state index contributed by atoms with van der Waals surface area (Å²) < 4.78 is 41.1. The van der Waals surface area contributed by atoms with Gasteiger partial charge in [-0.05, 0) is 41.5 Å². The van der Waals surface area contributed by atoms with Crippen molar-refractivity contribution in [3.8, 4) is 6.07 Å². The second kappa shape index (κ2) is 11.9. The minimum absolute atomic E-state index is 0.0539. The summed E-state index contributed by atoms with van der Waals surface area (Å²) in [7, 11) is 1.42. The molecule has 1 saturated heterocycles. The Morgan fingerprint density at radius 3 is 2.34 bits per heavy atom. The van der Waals surface area contributed by atoms with Crippen molar-refractivity contribution in [3.05, 3.63) is 65.0 Å². The Labute approximate surface area is 254 Å². The molecule has 4 atom stereocenters. The van der Waals surface area contributed by atoms with E-state index >= 15 is 0 Å². The molecule has 0 aromatic heterocycles. The fraction of sp³-hybridized carbons (Fsp3) is 0.469. The van der Waals surface area contributed by atoms with Crippen LogP contribution in [0.1, 0.15) is 63.4 Å². The van der Waals surface area contributed by atoms with Crippen LogP contribution in [0.15, 0.2) is 36.4 Å². The Morgan fingerprint density at radius 1 is 1.16 bits per heavy atom. The minimum Gasteiger partial charge on any atom is -0.340 e. The monoisotopic (exact) mass is 611 g/mol. The first-order chi connectivity index (χ1) is 20.5. The van der Waals surface area contributed by atoms with Crippen molar-refractivity contribution in [1.29, 1.82) is 5.26 Å². The number of amides is 4. The first kappa shape index (κ1) is 32.5. The molecule has 2 heterocycles. The number of fused-ring (bicyclic) bond motifs is 2. The van der Waals surface area contributed by atoms with Crippen LogP contribution in [0.4, 0.5) is 18.9 Å². The molecular weight excluding hydrogens is 575 g/mol. The quantitative estimate of drug-likeness (QED) is 0.456. The van der Waals surface area contributed by atoms with E-state index in [0.29, 0.717) is 23.4 Å². The van der Waals surface area contributed by atoms with Gasteiger partial charge in [-0.25, -0.2) is 13.2 Å². The fourth-order valence-electron chi connectivity index (χ4n) is 5.95. The summed E-state index contributed by atoms with van der Waals surface area (Å²) >= 11 is 0. The normalized spacial score (nSPS) is 20.6. The molecule has 0 radical (unpaired) electrons. The summed E-state index contributed by atoms with van der Waals surface area (Å²) in [6, 6.07) is 7.13. The summed E-state index contributed by atoms with van der Waals surface area (Å²) in [4.78, 5) is 56.9. The minimum atomic E-state index is -1.72. The SMILES string of the molecule is CC(C)[C@H](NC(=O)c1cc(F)c(F)c(F)c1)C(=O)N(C)[C@@H](CC(C)(C)C)C(=O)N1C[C@]2(C[C@H]1C#N)C(=O)Nc1ccccc12. The van der Waals surface area contributed by atoms with E-state index in [9.17, 15) is 37.6 Å². The van der Waals surface area contributed by atoms with Crippen molar-refractivity contribution < 1.29 is 32.3 Å². The number of para-hydroxylation sites is 1. The van der Waals surface area contributed by atoms with Crippen LogP contribution in [-0.2, 0) is 19.8 Å². The summed E-state index contributed by atoms with van der Waals surface area (Å²) in [5, 5.41) is 15.4. The zero-order chi connectivity index (χ0) is 32.7. The van der Waals surface area contributed by atoms with E-state index < -0.39 is 75.6 Å². The Morgan fingerprint density at radius 2 is 1.77 bits per heavy atom. The number of rotatable bonds is 7. The molecule has 4 rings (SSSR count). The zero-order valence-corrected chi connectivity index (χ0v) is 25.5. The van der Waals surface area contributed by atoms with E-state index in [2.05, 4.69) is 16.7 Å². The molecule has 1 fully saturated rings. The molecule has 2 aromatic rings. The van der Waals surface area contributed by atoms with E-state index in [0.717, 1.165) is 0 Å². The molecule has 0 unspecified atom stereocenters. The van der Waals surface area contributed by atoms with Crippen molar-refractivity contribution >= 4 is 29.3 Å². The third-order valence-electron chi connectivity index (χ3n) is 8.29. The molecule has 1 spiro atoms. The molecule has 2 aliphatic heterocycles. The van der Waals surface area contributed by atoms with Gasteiger partial charge in [0.1, 0.15) is 18.1 Å². The molecule has 9 nitrogen and oxygen atoms in total. The number of hydrogen-bond acceptors (Lipinski definition) is 5. The van der Waals surface area contributed by atoms with Gasteiger partial charge < -0.3 is 20.4 Å². The number of benzene rings is 2. The lowest BCUT2D eigenvalue weighted by atomic mass is 9.80. The van der Waals surface area contributed by atoms with Crippen molar-refractivity contribution in [2.75, 3.05) is 18.9 Å². The van der Waals surface area contributed by atoms with Gasteiger partial charge in [-0.15, -0.1) is 0 Å². The van der Waals surface area contributed by atoms with Crippen molar-refractivity contribution in [3.63, 3.8) is 0 Å². The number of likely N-dealkylation sites (N-methyl/N-ethyl adjacent to an activating group) is 1. The van der Waals surface area contributed by atoms with Crippen molar-refractivity contribution in [2.24, 2.45) is 11.3 Å². The summed E-state index contributed by atoms with van der Waals surface area (Å²) in [6.07, 6.45) is 0.277. The first-order valence-corrected chi connectivity index (χ1v) is 14.3. The number of nitrogens with zero attached hydrogens (tertiary/aromatic N) is 3. The van der Waals surface area contributed by atoms with Crippen LogP contribution in [0.25, 0.3) is 0 Å². The van der Waals surface area contributed by atoms with Gasteiger partial charge in [-0.2, -0.15) is 5.26 Å². The van der Waals surface area contributed by atoms with Gasteiger partial charge in [-0.3, -0.25) is 19.2 Å². The predicted molar refractivity (Wildman–Crippen MR) is 156 cm³/mol. The number of carbonyl (C=O) groups is 4. The highest BCUT2D eigenvalue weighted by Crippen LogP contribution is 2.46. The number of halogens is 3. The van der Waals surface area contributed by atoms with Crippen LogP contribution in [0.3, 0.4) is 0 Å². The Balaban J connectivity index is 1.63. The van der Waals surface area contributed by atoms with Crippen molar-refractivity contribution in [1.82, 2.24) is 15.1 Å². The third-order valence-corrected chi connectivity index (χ3v) is 8.29. The van der Waals surface area contributed by atoms with Gasteiger partial charge in [0.2, 0.25) is 17.7 Å². The summed E-state index contributed by atoms with van der Waals surface area (Å²) in [5.41, 5.74) is -0.771. The average molecular weight is 612 g/mol. The zero-order valence-electron chi connectivity index (χ0n) is 25.5. The number of carbonyl (C=O) groups excluding carboxylic acids is 4. The van der Waals surface area contributed by atoms with E-state index in [1.807, 2.05) is 20.8 Å². The number of likely N-dealkylation sites (tertiary alicyclic amines) is 1. The number of hydrogen-bond donors (Lipinski definition) is 2. The highest BCUT2D eigenvalue weighted by Gasteiger charge is 2.57. The third kappa shape index (κ3) is 6.00. The summed E-state index contributed by atoms with van der Waals surface area (Å²) in [6.45, 7) is 8.91. The second-order valence-corrected chi connectivity index (χ2v) is 13.1. The molecular formula is C32H36F3N5O4. The molecule has 234 valence electrons. The maximum Gasteiger partial charge on any atom is 0.252 e. The van der Waals surface area contributed by atoms with Gasteiger partial charge in [0, 0.05) is 31.3 Å². The second-order valence-electron chi connectivity index (χ2n) is 13.1. The topological polar surface area (TPSA) is 123 Å². The molecule has 0 aliphatic carbocycles. The first-order valence-electron chi connectivity index (χ1n) is 14.3. The lowest BCUT2D eigenvalue weighted by Crippen LogP contribution is -2.57. The number of nitrogens with one attached hydrogen (secondary N) is 2. The Kier molecular flexibility index (Phi) is 8.82. The van der Waals surface area contributed by atoms with E-state index in [4.69, 9.17) is 0 Å². The fourth-order valence-corrected chi connectivity index (χ4v) is 5.95. The molecule has 2 N–H and O–H groups in total. The molecule has 0 bridgehead atoms. The van der Waals surface area contributed by atoms with Gasteiger partial charge >= 0.3 is 0 Å². The van der Waals surface area contributed by atoms with E-state index in [1.165, 1.54) is 16.8 Å². The maximum atomic E-state index is 14.3. The highest BCUT2D eigenvalue weighted by molar-refractivity contribution is 6.07. The van der Waals surface area contributed by atoms with Crippen LogP contribution >= 0.6 is 0 Å². The lowest BCUT2D eigenvalue weighted by molar-refractivity contribution is -0.147. The Hall–Kier alpha value is -4.40. The van der Waals surface area contributed by atoms with Crippen LogP contribution in [0.2, 0.25) is 0 Å². The molecule has 0 saturated carbocycles. The molecule has 44 heavy (non-hydrogen) atoms. The Bertz CT molecular complexity index is 1530. The van der Waals surface area contributed by atoms with Crippen LogP contribution in [0.5, 0.6) is 0 Å². The van der Waals surface area contributed by atoms with E-state index in [-0.39, 0.29) is 25.3 Å². The van der Waals surface area contributed by atoms with Gasteiger partial charge in [0.05, 0.1) is 11.5 Å². The van der Waals surface area contributed by atoms with Crippen molar-refractivity contribution in [2.45, 2.75) is 71.0 Å². The molecule has 2 aromatic carbocycles. The van der Waals surface area contributed by atoms with E-state index in [1.54, 1.807) is 38.1 Å². The average Bonchev–Trinajstić information content (AvgIpc) is 3.48. The van der Waals surface area contributed by atoms with Crippen LogP contribution in [-0.4, -0.2) is 65.1 Å². The molecule has 2 aliphatic rings. The summed E-state index contributed by atoms with van der Waals surface area (Å²) in [5.74, 6) is -7.82. The number of nitriles is 1. The largest absolute Gasteiger partial charge is 0.340 e. The predicted octanol–water partition coefficient (Wildman–Crippen LogP) is 4.14.